The summed E-state index contributed by atoms with van der Waals surface area (Å²) < 4.78 is 13.1. The molecule has 130 valence electrons. The Bertz CT molecular complexity index is 788. The molecular weight excluding hydrogens is 321 g/mol. The lowest BCUT2D eigenvalue weighted by Gasteiger charge is -2.18. The lowest BCUT2D eigenvalue weighted by atomic mass is 10.0. The molecule has 0 heterocycles. The molecule has 0 aromatic heterocycles. The van der Waals surface area contributed by atoms with Crippen LogP contribution in [-0.4, -0.2) is 17.0 Å². The average Bonchev–Trinajstić information content (AvgIpc) is 3.35. The Morgan fingerprint density at radius 1 is 1.20 bits per heavy atom. The molecule has 0 saturated heterocycles. The van der Waals surface area contributed by atoms with Crippen molar-refractivity contribution < 1.29 is 19.1 Å². The van der Waals surface area contributed by atoms with Crippen LogP contribution < -0.4 is 5.32 Å². The maximum absolute atomic E-state index is 13.1. The summed E-state index contributed by atoms with van der Waals surface area (Å²) in [7, 11) is 0. The van der Waals surface area contributed by atoms with Crippen LogP contribution in [0.4, 0.5) is 4.39 Å². The third kappa shape index (κ3) is 4.05. The number of rotatable bonds is 6. The van der Waals surface area contributed by atoms with Crippen LogP contribution in [0.15, 0.2) is 48.5 Å². The van der Waals surface area contributed by atoms with Gasteiger partial charge in [0.15, 0.2) is 0 Å². The van der Waals surface area contributed by atoms with Crippen LogP contribution in [0, 0.1) is 18.7 Å². The summed E-state index contributed by atoms with van der Waals surface area (Å²) in [5, 5.41) is 11.9. The Labute approximate surface area is 145 Å². The van der Waals surface area contributed by atoms with Crippen LogP contribution in [0.5, 0.6) is 0 Å². The maximum atomic E-state index is 13.1. The van der Waals surface area contributed by atoms with E-state index >= 15 is 0 Å². The Hall–Kier alpha value is -2.69. The summed E-state index contributed by atoms with van der Waals surface area (Å²) in [5.74, 6) is -1.52. The molecule has 2 N–H and O–H groups in total. The topological polar surface area (TPSA) is 66.4 Å². The number of aryl methyl sites for hydroxylation is 1. The predicted octanol–water partition coefficient (Wildman–Crippen LogP) is 3.57. The third-order valence-corrected chi connectivity index (χ3v) is 4.68. The lowest BCUT2D eigenvalue weighted by molar-refractivity contribution is -0.137. The van der Waals surface area contributed by atoms with Crippen LogP contribution in [0.2, 0.25) is 0 Å². The standard InChI is InChI=1S/C20H20FNO3/c1-12-4-2-3-5-15(12)16-10-17(16)20(25)22-18(11-19(23)24)13-6-8-14(21)9-7-13/h2-9,16-18H,10-11H2,1H3,(H,22,25)(H,23,24). The number of carbonyl (C=O) groups is 2. The number of hydrogen-bond donors (Lipinski definition) is 2. The summed E-state index contributed by atoms with van der Waals surface area (Å²) in [6.07, 6.45) is 0.527. The van der Waals surface area contributed by atoms with Gasteiger partial charge in [-0.05, 0) is 48.1 Å². The molecule has 1 aliphatic rings. The average molecular weight is 341 g/mol. The minimum absolute atomic E-state index is 0.141. The quantitative estimate of drug-likeness (QED) is 0.844. The van der Waals surface area contributed by atoms with E-state index in [0.29, 0.717) is 5.56 Å². The molecule has 0 aliphatic heterocycles. The second-order valence-corrected chi connectivity index (χ2v) is 6.52. The Morgan fingerprint density at radius 2 is 1.88 bits per heavy atom. The molecule has 0 radical (unpaired) electrons. The number of benzene rings is 2. The Morgan fingerprint density at radius 3 is 2.52 bits per heavy atom. The highest BCUT2D eigenvalue weighted by atomic mass is 19.1. The predicted molar refractivity (Wildman–Crippen MR) is 91.6 cm³/mol. The molecule has 1 amide bonds. The zero-order valence-electron chi connectivity index (χ0n) is 13.9. The smallest absolute Gasteiger partial charge is 0.305 e. The van der Waals surface area contributed by atoms with Crippen molar-refractivity contribution in [2.45, 2.75) is 31.7 Å². The first-order valence-corrected chi connectivity index (χ1v) is 8.29. The van der Waals surface area contributed by atoms with Crippen LogP contribution in [-0.2, 0) is 9.59 Å². The van der Waals surface area contributed by atoms with Gasteiger partial charge in [0, 0.05) is 5.92 Å². The van der Waals surface area contributed by atoms with E-state index in [1.807, 2.05) is 31.2 Å². The lowest BCUT2D eigenvalue weighted by Crippen LogP contribution is -2.31. The highest BCUT2D eigenvalue weighted by Crippen LogP contribution is 2.48. The number of carboxylic acids is 1. The fourth-order valence-corrected chi connectivity index (χ4v) is 3.23. The molecule has 4 nitrogen and oxygen atoms in total. The van der Waals surface area contributed by atoms with Crippen molar-refractivity contribution >= 4 is 11.9 Å². The molecular formula is C20H20FNO3. The molecule has 1 saturated carbocycles. The first-order valence-electron chi connectivity index (χ1n) is 8.29. The van der Waals surface area contributed by atoms with Gasteiger partial charge in [0.2, 0.25) is 5.91 Å². The van der Waals surface area contributed by atoms with E-state index in [9.17, 15) is 14.0 Å². The number of nitrogens with one attached hydrogen (secondary N) is 1. The third-order valence-electron chi connectivity index (χ3n) is 4.68. The number of amides is 1. The minimum Gasteiger partial charge on any atom is -0.481 e. The van der Waals surface area contributed by atoms with Gasteiger partial charge in [-0.1, -0.05) is 36.4 Å². The Kier molecular flexibility index (Phi) is 4.83. The number of carboxylic acid groups (broad SMARTS) is 1. The van der Waals surface area contributed by atoms with Gasteiger partial charge in [-0.3, -0.25) is 9.59 Å². The highest BCUT2D eigenvalue weighted by Gasteiger charge is 2.45. The molecule has 3 rings (SSSR count). The number of halogens is 1. The number of aliphatic carboxylic acids is 1. The van der Waals surface area contributed by atoms with Crippen LogP contribution in [0.25, 0.3) is 0 Å². The van der Waals surface area contributed by atoms with Gasteiger partial charge in [0.25, 0.3) is 0 Å². The van der Waals surface area contributed by atoms with E-state index < -0.39 is 17.8 Å². The SMILES string of the molecule is Cc1ccccc1C1CC1C(=O)NC(CC(=O)O)c1ccc(F)cc1. The molecule has 1 fully saturated rings. The summed E-state index contributed by atoms with van der Waals surface area (Å²) in [6, 6.07) is 12.9. The van der Waals surface area contributed by atoms with Gasteiger partial charge in [-0.2, -0.15) is 0 Å². The van der Waals surface area contributed by atoms with E-state index in [2.05, 4.69) is 5.32 Å². The van der Waals surface area contributed by atoms with Gasteiger partial charge in [0.05, 0.1) is 12.5 Å². The molecule has 3 atom stereocenters. The zero-order valence-corrected chi connectivity index (χ0v) is 13.9. The van der Waals surface area contributed by atoms with Crippen molar-refractivity contribution in [3.63, 3.8) is 0 Å². The molecule has 25 heavy (non-hydrogen) atoms. The summed E-state index contributed by atoms with van der Waals surface area (Å²) in [4.78, 5) is 23.7. The van der Waals surface area contributed by atoms with Crippen molar-refractivity contribution in [3.8, 4) is 0 Å². The van der Waals surface area contributed by atoms with Gasteiger partial charge in [-0.15, -0.1) is 0 Å². The van der Waals surface area contributed by atoms with E-state index in [1.54, 1.807) is 0 Å². The molecule has 2 aromatic rings. The van der Waals surface area contributed by atoms with E-state index in [-0.39, 0.29) is 24.2 Å². The fourth-order valence-electron chi connectivity index (χ4n) is 3.23. The van der Waals surface area contributed by atoms with Crippen molar-refractivity contribution in [2.75, 3.05) is 0 Å². The molecule has 1 aliphatic carbocycles. The summed E-state index contributed by atoms with van der Waals surface area (Å²) in [6.45, 7) is 2.02. The van der Waals surface area contributed by atoms with Crippen molar-refractivity contribution in [2.24, 2.45) is 5.92 Å². The van der Waals surface area contributed by atoms with Crippen molar-refractivity contribution in [1.29, 1.82) is 0 Å². The van der Waals surface area contributed by atoms with Crippen LogP contribution in [0.3, 0.4) is 0 Å². The van der Waals surface area contributed by atoms with Gasteiger partial charge >= 0.3 is 5.97 Å². The zero-order chi connectivity index (χ0) is 18.0. The van der Waals surface area contributed by atoms with E-state index in [1.165, 1.54) is 29.8 Å². The first-order chi connectivity index (χ1) is 12.0. The van der Waals surface area contributed by atoms with Gasteiger partial charge < -0.3 is 10.4 Å². The summed E-state index contributed by atoms with van der Waals surface area (Å²) >= 11 is 0. The molecule has 5 heteroatoms. The van der Waals surface area contributed by atoms with Gasteiger partial charge in [-0.25, -0.2) is 4.39 Å². The molecule has 3 unspecified atom stereocenters. The monoisotopic (exact) mass is 341 g/mol. The number of carbonyl (C=O) groups excluding carboxylic acids is 1. The molecule has 0 bridgehead atoms. The second-order valence-electron chi connectivity index (χ2n) is 6.52. The molecule has 2 aromatic carbocycles. The number of hydrogen-bond acceptors (Lipinski definition) is 2. The van der Waals surface area contributed by atoms with E-state index in [0.717, 1.165) is 12.0 Å². The normalized spacial score (nSPS) is 19.9. The minimum atomic E-state index is -1.01. The largest absolute Gasteiger partial charge is 0.481 e. The summed E-state index contributed by atoms with van der Waals surface area (Å²) in [5.41, 5.74) is 2.91. The Balaban J connectivity index is 1.70. The second kappa shape index (κ2) is 7.05. The molecule has 0 spiro atoms. The maximum Gasteiger partial charge on any atom is 0.305 e. The van der Waals surface area contributed by atoms with Crippen molar-refractivity contribution in [3.05, 3.63) is 71.0 Å². The fraction of sp³-hybridized carbons (Fsp3) is 0.300. The first kappa shape index (κ1) is 17.1. The van der Waals surface area contributed by atoms with Crippen LogP contribution in [0.1, 0.15) is 41.5 Å². The van der Waals surface area contributed by atoms with Crippen molar-refractivity contribution in [1.82, 2.24) is 5.32 Å². The van der Waals surface area contributed by atoms with Gasteiger partial charge in [0.1, 0.15) is 5.82 Å². The van der Waals surface area contributed by atoms with Crippen LogP contribution >= 0.6 is 0 Å². The van der Waals surface area contributed by atoms with E-state index in [4.69, 9.17) is 5.11 Å². The highest BCUT2D eigenvalue weighted by molar-refractivity contribution is 5.84.